The average Bonchev–Trinajstić information content (AvgIpc) is 2.88. The second-order valence-electron chi connectivity index (χ2n) is 8.12. The Bertz CT molecular complexity index is 980. The number of hydrogen-bond acceptors (Lipinski definition) is 5. The Hall–Kier alpha value is -1.84. The van der Waals surface area contributed by atoms with Crippen molar-refractivity contribution in [2.24, 2.45) is 5.92 Å². The molecule has 0 aliphatic rings. The first-order valence-electron chi connectivity index (χ1n) is 10.0. The van der Waals surface area contributed by atoms with E-state index in [-0.39, 0.29) is 22.1 Å². The van der Waals surface area contributed by atoms with E-state index in [0.29, 0.717) is 11.6 Å². The first-order chi connectivity index (χ1) is 13.9. The third-order valence-electron chi connectivity index (χ3n) is 4.44. The highest BCUT2D eigenvalue weighted by atomic mass is 32.2. The molecule has 0 bridgehead atoms. The molecule has 2 rings (SSSR count). The molecular weight excluding hydrogens is 420 g/mol. The van der Waals surface area contributed by atoms with Crippen molar-refractivity contribution in [3.63, 3.8) is 0 Å². The van der Waals surface area contributed by atoms with Crippen molar-refractivity contribution in [1.29, 1.82) is 0 Å². The van der Waals surface area contributed by atoms with Gasteiger partial charge in [0.2, 0.25) is 15.9 Å². The lowest BCUT2D eigenvalue weighted by Crippen LogP contribution is -2.30. The standard InChI is InChI=1S/C21H32N4O3S2/c1-13(2)12-25-16(6)15(5)22-21(25)29-17(7)20(26)23-18-8-10-19(11-9-18)30(27,28)24-14(3)4/h8-11,13-14,17,24H,12H2,1-7H3,(H,23,26)/t17-/m0/s1. The van der Waals surface area contributed by atoms with Crippen molar-refractivity contribution in [3.8, 4) is 0 Å². The van der Waals surface area contributed by atoms with Crippen LogP contribution in [0.2, 0.25) is 0 Å². The van der Waals surface area contributed by atoms with Crippen LogP contribution in [0.4, 0.5) is 5.69 Å². The first-order valence-corrected chi connectivity index (χ1v) is 12.4. The molecule has 1 atom stereocenters. The molecule has 9 heteroatoms. The van der Waals surface area contributed by atoms with Crippen LogP contribution < -0.4 is 10.0 Å². The van der Waals surface area contributed by atoms with Crippen molar-refractivity contribution < 1.29 is 13.2 Å². The Morgan fingerprint density at radius 1 is 1.10 bits per heavy atom. The van der Waals surface area contributed by atoms with Gasteiger partial charge in [0, 0.05) is 24.0 Å². The molecular formula is C21H32N4O3S2. The molecule has 30 heavy (non-hydrogen) atoms. The quantitative estimate of drug-likeness (QED) is 0.562. The number of thioether (sulfide) groups is 1. The lowest BCUT2D eigenvalue weighted by molar-refractivity contribution is -0.115. The lowest BCUT2D eigenvalue weighted by atomic mass is 10.2. The zero-order chi connectivity index (χ0) is 22.6. The van der Waals surface area contributed by atoms with Crippen LogP contribution in [0.3, 0.4) is 0 Å². The summed E-state index contributed by atoms with van der Waals surface area (Å²) >= 11 is 1.42. The maximum atomic E-state index is 12.7. The van der Waals surface area contributed by atoms with Gasteiger partial charge in [-0.1, -0.05) is 25.6 Å². The molecule has 2 N–H and O–H groups in total. The smallest absolute Gasteiger partial charge is 0.240 e. The number of anilines is 1. The molecule has 0 saturated heterocycles. The van der Waals surface area contributed by atoms with Gasteiger partial charge in [-0.05, 0) is 64.8 Å². The van der Waals surface area contributed by atoms with Crippen LogP contribution in [0.15, 0.2) is 34.3 Å². The summed E-state index contributed by atoms with van der Waals surface area (Å²) in [6, 6.07) is 5.97. The summed E-state index contributed by atoms with van der Waals surface area (Å²) in [6.45, 7) is 14.5. The first kappa shape index (κ1) is 24.4. The molecule has 1 aromatic carbocycles. The number of carbonyl (C=O) groups is 1. The molecule has 1 aromatic heterocycles. The zero-order valence-corrected chi connectivity index (χ0v) is 20.3. The number of aryl methyl sites for hydroxylation is 1. The number of amides is 1. The van der Waals surface area contributed by atoms with Gasteiger partial charge < -0.3 is 9.88 Å². The van der Waals surface area contributed by atoms with E-state index in [0.717, 1.165) is 23.1 Å². The Morgan fingerprint density at radius 3 is 2.23 bits per heavy atom. The predicted molar refractivity (Wildman–Crippen MR) is 122 cm³/mol. The van der Waals surface area contributed by atoms with Gasteiger partial charge in [0.15, 0.2) is 5.16 Å². The van der Waals surface area contributed by atoms with E-state index in [4.69, 9.17) is 0 Å². The summed E-state index contributed by atoms with van der Waals surface area (Å²) in [7, 11) is -3.56. The number of nitrogens with one attached hydrogen (secondary N) is 2. The van der Waals surface area contributed by atoms with E-state index in [9.17, 15) is 13.2 Å². The molecule has 0 aliphatic heterocycles. The van der Waals surface area contributed by atoms with Gasteiger partial charge in [0.25, 0.3) is 0 Å². The van der Waals surface area contributed by atoms with E-state index in [1.165, 1.54) is 23.9 Å². The number of aromatic nitrogens is 2. The minimum absolute atomic E-state index is 0.162. The third-order valence-corrected chi connectivity index (χ3v) is 7.21. The zero-order valence-electron chi connectivity index (χ0n) is 18.7. The number of rotatable bonds is 9. The van der Waals surface area contributed by atoms with E-state index in [2.05, 4.69) is 33.4 Å². The van der Waals surface area contributed by atoms with Gasteiger partial charge in [-0.2, -0.15) is 0 Å². The van der Waals surface area contributed by atoms with Gasteiger partial charge in [-0.3, -0.25) is 4.79 Å². The molecule has 0 fully saturated rings. The largest absolute Gasteiger partial charge is 0.325 e. The number of carbonyl (C=O) groups excluding carboxylic acids is 1. The van der Waals surface area contributed by atoms with Crippen LogP contribution in [0.1, 0.15) is 46.0 Å². The number of nitrogens with zero attached hydrogens (tertiary/aromatic N) is 2. The summed E-state index contributed by atoms with van der Waals surface area (Å²) in [5, 5.41) is 3.33. The van der Waals surface area contributed by atoms with Crippen molar-refractivity contribution in [3.05, 3.63) is 35.7 Å². The number of sulfonamides is 1. The SMILES string of the molecule is Cc1nc(S[C@@H](C)C(=O)Nc2ccc(S(=O)(=O)NC(C)C)cc2)n(CC(C)C)c1C. The number of hydrogen-bond donors (Lipinski definition) is 2. The Labute approximate surface area is 184 Å². The lowest BCUT2D eigenvalue weighted by Gasteiger charge is -2.15. The highest BCUT2D eigenvalue weighted by Crippen LogP contribution is 2.27. The van der Waals surface area contributed by atoms with Gasteiger partial charge in [-0.15, -0.1) is 0 Å². The fraction of sp³-hybridized carbons (Fsp3) is 0.524. The van der Waals surface area contributed by atoms with E-state index >= 15 is 0 Å². The second kappa shape index (κ2) is 9.98. The van der Waals surface area contributed by atoms with Crippen LogP contribution in [-0.2, 0) is 21.4 Å². The van der Waals surface area contributed by atoms with Crippen LogP contribution in [0.5, 0.6) is 0 Å². The van der Waals surface area contributed by atoms with Gasteiger partial charge >= 0.3 is 0 Å². The monoisotopic (exact) mass is 452 g/mol. The second-order valence-corrected chi connectivity index (χ2v) is 11.1. The molecule has 166 valence electrons. The maximum Gasteiger partial charge on any atom is 0.240 e. The summed E-state index contributed by atoms with van der Waals surface area (Å²) in [5.41, 5.74) is 2.64. The van der Waals surface area contributed by atoms with Crippen molar-refractivity contribution in [1.82, 2.24) is 14.3 Å². The predicted octanol–water partition coefficient (Wildman–Crippen LogP) is 3.96. The maximum absolute atomic E-state index is 12.7. The van der Waals surface area contributed by atoms with Gasteiger partial charge in [0.05, 0.1) is 15.8 Å². The minimum Gasteiger partial charge on any atom is -0.325 e. The topological polar surface area (TPSA) is 93.1 Å². The minimum atomic E-state index is -3.56. The van der Waals surface area contributed by atoms with Crippen LogP contribution in [0, 0.1) is 19.8 Å². The summed E-state index contributed by atoms with van der Waals surface area (Å²) in [5.74, 6) is 0.311. The summed E-state index contributed by atoms with van der Waals surface area (Å²) in [4.78, 5) is 17.5. The van der Waals surface area contributed by atoms with E-state index in [1.54, 1.807) is 26.0 Å². The molecule has 1 amide bonds. The van der Waals surface area contributed by atoms with Crippen molar-refractivity contribution >= 4 is 33.4 Å². The molecule has 1 heterocycles. The van der Waals surface area contributed by atoms with Crippen LogP contribution >= 0.6 is 11.8 Å². The Balaban J connectivity index is 2.07. The molecule has 2 aromatic rings. The summed E-state index contributed by atoms with van der Waals surface area (Å²) < 4.78 is 29.1. The van der Waals surface area contributed by atoms with Gasteiger partial charge in [0.1, 0.15) is 0 Å². The molecule has 0 radical (unpaired) electrons. The van der Waals surface area contributed by atoms with Crippen molar-refractivity contribution in [2.75, 3.05) is 5.32 Å². The Morgan fingerprint density at radius 2 is 1.70 bits per heavy atom. The molecule has 0 saturated carbocycles. The normalized spacial score (nSPS) is 13.1. The average molecular weight is 453 g/mol. The fourth-order valence-corrected chi connectivity index (χ4v) is 5.11. The Kier molecular flexibility index (Phi) is 8.13. The molecule has 7 nitrogen and oxygen atoms in total. The number of imidazole rings is 1. The fourth-order valence-electron chi connectivity index (χ4n) is 2.84. The van der Waals surface area contributed by atoms with Gasteiger partial charge in [-0.25, -0.2) is 18.1 Å². The van der Waals surface area contributed by atoms with E-state index < -0.39 is 10.0 Å². The molecule has 0 spiro atoms. The van der Waals surface area contributed by atoms with Crippen LogP contribution in [0.25, 0.3) is 0 Å². The van der Waals surface area contributed by atoms with Crippen molar-refractivity contribution in [2.45, 2.75) is 76.4 Å². The highest BCUT2D eigenvalue weighted by molar-refractivity contribution is 8.00. The molecule has 0 aliphatic carbocycles. The third kappa shape index (κ3) is 6.33. The van der Waals surface area contributed by atoms with E-state index in [1.807, 2.05) is 20.8 Å². The molecule has 0 unspecified atom stereocenters. The summed E-state index contributed by atoms with van der Waals surface area (Å²) in [6.07, 6.45) is 0. The van der Waals surface area contributed by atoms with Crippen LogP contribution in [-0.4, -0.2) is 35.2 Å². The number of benzene rings is 1. The highest BCUT2D eigenvalue weighted by Gasteiger charge is 2.21.